The monoisotopic (exact) mass is 589 g/mol. The summed E-state index contributed by atoms with van der Waals surface area (Å²) < 4.78 is 28.3. The molecule has 0 fully saturated rings. The average Bonchev–Trinajstić information content (AvgIpc) is 3.48. The van der Waals surface area contributed by atoms with E-state index in [1.165, 1.54) is 6.07 Å². The third kappa shape index (κ3) is 6.19. The maximum absolute atomic E-state index is 12.7. The van der Waals surface area contributed by atoms with Crippen molar-refractivity contribution in [2.45, 2.75) is 24.8 Å². The number of nitrogens with one attached hydrogen (secondary N) is 3. The Bertz CT molecular complexity index is 1510. The molecule has 0 bridgehead atoms. The molecule has 3 amide bonds. The number of fused-ring (bicyclic) bond motifs is 1. The smallest absolute Gasteiger partial charge is 0.324 e. The zero-order valence-corrected chi connectivity index (χ0v) is 22.7. The number of aromatic nitrogens is 2. The highest BCUT2D eigenvalue weighted by Gasteiger charge is 2.18. The summed E-state index contributed by atoms with van der Waals surface area (Å²) >= 11 is 4.48. The predicted octanol–water partition coefficient (Wildman–Crippen LogP) is 4.58. The molecule has 0 aliphatic heterocycles. The highest BCUT2D eigenvalue weighted by atomic mass is 79.9. The zero-order valence-electron chi connectivity index (χ0n) is 19.5. The standard InChI is InChI=1S/C24H24BrN5O4S2/c1-15(2)26-9-12-36(33,34)17-6-8-20-21(14-17)35-24(27-20)29-23(32)28-22(31)18-13-16(5-7-19(18)25)30-10-3-4-11-30/h3-8,10-11,13-15,26H,9,12H2,1-2H3,(H2,27,28,29,31,32). The molecular formula is C24H24BrN5O4S2. The van der Waals surface area contributed by atoms with E-state index in [1.807, 2.05) is 49.0 Å². The molecule has 12 heteroatoms. The maximum Gasteiger partial charge on any atom is 0.327 e. The first-order chi connectivity index (χ1) is 17.1. The SMILES string of the molecule is CC(C)NCCS(=O)(=O)c1ccc2nc(NC(=O)NC(=O)c3cc(-n4cccc4)ccc3Br)sc2c1. The van der Waals surface area contributed by atoms with Crippen molar-refractivity contribution >= 4 is 64.4 Å². The van der Waals surface area contributed by atoms with Gasteiger partial charge in [0.25, 0.3) is 5.91 Å². The Morgan fingerprint density at radius 2 is 1.86 bits per heavy atom. The number of imide groups is 1. The van der Waals surface area contributed by atoms with Crippen LogP contribution in [0.3, 0.4) is 0 Å². The fourth-order valence-electron chi connectivity index (χ4n) is 3.41. The molecule has 188 valence electrons. The Morgan fingerprint density at radius 3 is 2.58 bits per heavy atom. The molecule has 3 N–H and O–H groups in total. The number of benzene rings is 2. The van der Waals surface area contributed by atoms with Gasteiger partial charge in [-0.25, -0.2) is 18.2 Å². The van der Waals surface area contributed by atoms with Crippen LogP contribution in [0, 0.1) is 0 Å². The van der Waals surface area contributed by atoms with Gasteiger partial charge in [-0.2, -0.15) is 0 Å². The maximum atomic E-state index is 12.7. The van der Waals surface area contributed by atoms with Gasteiger partial charge >= 0.3 is 6.03 Å². The van der Waals surface area contributed by atoms with Crippen LogP contribution < -0.4 is 16.0 Å². The van der Waals surface area contributed by atoms with Crippen molar-refractivity contribution in [1.29, 1.82) is 0 Å². The minimum Gasteiger partial charge on any atom is -0.324 e. The van der Waals surface area contributed by atoms with Gasteiger partial charge in [-0.3, -0.25) is 15.4 Å². The van der Waals surface area contributed by atoms with Crippen molar-refractivity contribution in [2.24, 2.45) is 0 Å². The highest BCUT2D eigenvalue weighted by Crippen LogP contribution is 2.28. The van der Waals surface area contributed by atoms with Crippen molar-refractivity contribution in [1.82, 2.24) is 20.2 Å². The number of halogens is 1. The summed E-state index contributed by atoms with van der Waals surface area (Å²) in [7, 11) is -3.47. The summed E-state index contributed by atoms with van der Waals surface area (Å²) in [5, 5.41) is 8.20. The van der Waals surface area contributed by atoms with E-state index in [-0.39, 0.29) is 21.8 Å². The van der Waals surface area contributed by atoms with E-state index < -0.39 is 21.8 Å². The molecule has 0 saturated heterocycles. The first-order valence-electron chi connectivity index (χ1n) is 11.0. The molecule has 0 spiro atoms. The topological polar surface area (TPSA) is 122 Å². The lowest BCUT2D eigenvalue weighted by Crippen LogP contribution is -2.34. The van der Waals surface area contributed by atoms with Crippen molar-refractivity contribution in [3.63, 3.8) is 0 Å². The number of amides is 3. The van der Waals surface area contributed by atoms with Gasteiger partial charge in [0, 0.05) is 35.1 Å². The number of nitrogens with zero attached hydrogens (tertiary/aromatic N) is 2. The molecular weight excluding hydrogens is 566 g/mol. The van der Waals surface area contributed by atoms with Gasteiger partial charge in [0.2, 0.25) is 0 Å². The molecule has 0 saturated carbocycles. The Morgan fingerprint density at radius 1 is 1.11 bits per heavy atom. The van der Waals surface area contributed by atoms with E-state index in [0.29, 0.717) is 26.8 Å². The van der Waals surface area contributed by atoms with E-state index >= 15 is 0 Å². The van der Waals surface area contributed by atoms with Crippen molar-refractivity contribution in [3.05, 3.63) is 71.0 Å². The van der Waals surface area contributed by atoms with Gasteiger partial charge < -0.3 is 9.88 Å². The summed E-state index contributed by atoms with van der Waals surface area (Å²) in [4.78, 5) is 29.8. The molecule has 36 heavy (non-hydrogen) atoms. The van der Waals surface area contributed by atoms with Crippen LogP contribution in [0.15, 0.2) is 70.3 Å². The second kappa shape index (κ2) is 10.9. The van der Waals surface area contributed by atoms with Crippen molar-refractivity contribution < 1.29 is 18.0 Å². The van der Waals surface area contributed by atoms with Crippen LogP contribution in [0.1, 0.15) is 24.2 Å². The number of carbonyl (C=O) groups is 2. The molecule has 4 aromatic rings. The van der Waals surface area contributed by atoms with Crippen LogP contribution in [0.25, 0.3) is 15.9 Å². The minimum atomic E-state index is -3.47. The largest absolute Gasteiger partial charge is 0.327 e. The summed E-state index contributed by atoms with van der Waals surface area (Å²) in [6.07, 6.45) is 3.70. The molecule has 0 atom stereocenters. The average molecular weight is 591 g/mol. The Kier molecular flexibility index (Phi) is 7.88. The second-order valence-corrected chi connectivity index (χ2v) is 12.2. The highest BCUT2D eigenvalue weighted by molar-refractivity contribution is 9.10. The number of sulfone groups is 1. The summed E-state index contributed by atoms with van der Waals surface area (Å²) in [5.74, 6) is -0.607. The normalized spacial score (nSPS) is 11.7. The molecule has 2 aromatic carbocycles. The first-order valence-corrected chi connectivity index (χ1v) is 14.3. The first kappa shape index (κ1) is 26.0. The number of thiazole rings is 1. The van der Waals surface area contributed by atoms with Gasteiger partial charge in [-0.05, 0) is 64.5 Å². The Labute approximate surface area is 221 Å². The third-order valence-electron chi connectivity index (χ3n) is 5.19. The molecule has 4 rings (SSSR count). The number of urea groups is 1. The zero-order chi connectivity index (χ0) is 25.9. The molecule has 0 aliphatic rings. The van der Waals surface area contributed by atoms with Gasteiger partial charge in [-0.1, -0.05) is 25.2 Å². The lowest BCUT2D eigenvalue weighted by Gasteiger charge is -2.09. The third-order valence-corrected chi connectivity index (χ3v) is 8.53. The van der Waals surface area contributed by atoms with Crippen LogP contribution in [0.2, 0.25) is 0 Å². The quantitative estimate of drug-likeness (QED) is 0.276. The van der Waals surface area contributed by atoms with Gasteiger partial charge in [0.15, 0.2) is 15.0 Å². The van der Waals surface area contributed by atoms with Crippen LogP contribution in [-0.4, -0.2) is 48.2 Å². The molecule has 2 heterocycles. The molecule has 9 nitrogen and oxygen atoms in total. The number of rotatable bonds is 8. The second-order valence-electron chi connectivity index (χ2n) is 8.24. The number of anilines is 1. The van der Waals surface area contributed by atoms with Gasteiger partial charge in [0.05, 0.1) is 26.4 Å². The van der Waals surface area contributed by atoms with Crippen LogP contribution in [0.4, 0.5) is 9.93 Å². The van der Waals surface area contributed by atoms with Crippen LogP contribution in [0.5, 0.6) is 0 Å². The number of hydrogen-bond acceptors (Lipinski definition) is 7. The van der Waals surface area contributed by atoms with E-state index in [0.717, 1.165) is 17.0 Å². The molecule has 0 radical (unpaired) electrons. The Balaban J connectivity index is 1.44. The summed E-state index contributed by atoms with van der Waals surface area (Å²) in [6, 6.07) is 13.1. The molecule has 0 unspecified atom stereocenters. The lowest BCUT2D eigenvalue weighted by atomic mass is 10.2. The van der Waals surface area contributed by atoms with E-state index in [4.69, 9.17) is 0 Å². The predicted molar refractivity (Wildman–Crippen MR) is 145 cm³/mol. The molecule has 0 aliphatic carbocycles. The van der Waals surface area contributed by atoms with Crippen molar-refractivity contribution in [3.8, 4) is 5.69 Å². The van der Waals surface area contributed by atoms with Crippen molar-refractivity contribution in [2.75, 3.05) is 17.6 Å². The molecule has 2 aromatic heterocycles. The van der Waals surface area contributed by atoms with Gasteiger partial charge in [0.1, 0.15) is 0 Å². The van der Waals surface area contributed by atoms with E-state index in [1.54, 1.807) is 24.3 Å². The summed E-state index contributed by atoms with van der Waals surface area (Å²) in [6.45, 7) is 4.26. The number of hydrogen-bond donors (Lipinski definition) is 3. The van der Waals surface area contributed by atoms with Crippen LogP contribution >= 0.6 is 27.3 Å². The number of carbonyl (C=O) groups excluding carboxylic acids is 2. The summed E-state index contributed by atoms with van der Waals surface area (Å²) in [5.41, 5.74) is 1.61. The van der Waals surface area contributed by atoms with E-state index in [9.17, 15) is 18.0 Å². The minimum absolute atomic E-state index is 0.0216. The lowest BCUT2D eigenvalue weighted by molar-refractivity contribution is 0.0966. The van der Waals surface area contributed by atoms with Crippen LogP contribution in [-0.2, 0) is 9.84 Å². The Hall–Kier alpha value is -3.06. The fraction of sp³-hybridized carbons (Fsp3) is 0.208. The van der Waals surface area contributed by atoms with E-state index in [2.05, 4.69) is 36.9 Å². The van der Waals surface area contributed by atoms with Gasteiger partial charge in [-0.15, -0.1) is 0 Å². The fourth-order valence-corrected chi connectivity index (χ4v) is 6.00.